The number of nitrogens with zero attached hydrogens (tertiary/aromatic N) is 6. The maximum atomic E-state index is 12.5. The van der Waals surface area contributed by atoms with Gasteiger partial charge in [0, 0.05) is 43.4 Å². The summed E-state index contributed by atoms with van der Waals surface area (Å²) in [6.45, 7) is 12.1. The third kappa shape index (κ3) is 10.8. The molecule has 3 aromatic heterocycles. The molecule has 1 atom stereocenters. The number of hydrogen-bond donors (Lipinski definition) is 2. The van der Waals surface area contributed by atoms with Crippen LogP contribution in [0.25, 0.3) is 11.3 Å². The molecule has 0 spiro atoms. The number of amidine groups is 1. The average Bonchev–Trinajstić information content (AvgIpc) is 3.39. The van der Waals surface area contributed by atoms with Gasteiger partial charge in [0.1, 0.15) is 5.84 Å². The molecule has 1 amide bonds. The zero-order valence-corrected chi connectivity index (χ0v) is 22.7. The van der Waals surface area contributed by atoms with Crippen LogP contribution in [0, 0.1) is 0 Å². The molecule has 202 valence electrons. The van der Waals surface area contributed by atoms with E-state index in [-0.39, 0.29) is 17.7 Å². The van der Waals surface area contributed by atoms with E-state index in [9.17, 15) is 4.79 Å². The van der Waals surface area contributed by atoms with E-state index in [1.54, 1.807) is 36.6 Å². The molecule has 37 heavy (non-hydrogen) atoms. The molecule has 0 aliphatic heterocycles. The van der Waals surface area contributed by atoms with Crippen molar-refractivity contribution < 1.29 is 14.3 Å². The van der Waals surface area contributed by atoms with E-state index in [4.69, 9.17) is 20.9 Å². The van der Waals surface area contributed by atoms with Crippen LogP contribution in [0.2, 0.25) is 0 Å². The standard InChI is InChI=1S/C21H26N8O3.C3H8.C2H6/c1-14(15-3-4-18(24-9-15)16-10-25-21(23)26-11-16)19(22)28-20(30)17-12-27-29(13-17)5-6-32-8-7-31-2;1-3-2;1-2/h3-4,9-14H,5-8H2,1-2H3,(H2,22,28,30)(H2,23,25,26);3H2,1-2H3;1-2H3. The molecule has 0 saturated heterocycles. The number of rotatable bonds is 10. The Hall–Kier alpha value is -3.70. The molecule has 0 saturated carbocycles. The monoisotopic (exact) mass is 512 g/mol. The van der Waals surface area contributed by atoms with Gasteiger partial charge in [0.2, 0.25) is 5.95 Å². The Balaban J connectivity index is 0.00000127. The highest BCUT2D eigenvalue weighted by Crippen LogP contribution is 2.20. The molecule has 3 heterocycles. The quantitative estimate of drug-likeness (QED) is 0.235. The van der Waals surface area contributed by atoms with Crippen molar-refractivity contribution in [2.75, 3.05) is 32.7 Å². The fourth-order valence-electron chi connectivity index (χ4n) is 2.75. The third-order valence-corrected chi connectivity index (χ3v) is 4.70. The van der Waals surface area contributed by atoms with Crippen LogP contribution in [0.4, 0.5) is 5.95 Å². The van der Waals surface area contributed by atoms with Crippen LogP contribution in [-0.2, 0) is 16.0 Å². The topological polar surface area (TPSA) is 156 Å². The summed E-state index contributed by atoms with van der Waals surface area (Å²) < 4.78 is 11.9. The van der Waals surface area contributed by atoms with E-state index in [0.717, 1.165) is 11.1 Å². The maximum absolute atomic E-state index is 12.5. The van der Waals surface area contributed by atoms with Gasteiger partial charge in [0.05, 0.1) is 43.8 Å². The Morgan fingerprint density at radius 3 is 2.32 bits per heavy atom. The lowest BCUT2D eigenvalue weighted by Crippen LogP contribution is -2.21. The summed E-state index contributed by atoms with van der Waals surface area (Å²) >= 11 is 0. The van der Waals surface area contributed by atoms with Crippen LogP contribution in [0.5, 0.6) is 0 Å². The van der Waals surface area contributed by atoms with Crippen molar-refractivity contribution in [1.29, 1.82) is 0 Å². The molecule has 4 N–H and O–H groups in total. The van der Waals surface area contributed by atoms with Crippen molar-refractivity contribution in [2.45, 2.75) is 53.5 Å². The first-order valence-electron chi connectivity index (χ1n) is 12.4. The number of carbonyl (C=O) groups excluding carboxylic acids is 1. The largest absolute Gasteiger partial charge is 0.387 e. The number of aromatic nitrogens is 5. The van der Waals surface area contributed by atoms with Crippen LogP contribution in [0.3, 0.4) is 0 Å². The minimum Gasteiger partial charge on any atom is -0.387 e. The Morgan fingerprint density at radius 2 is 1.73 bits per heavy atom. The smallest absolute Gasteiger partial charge is 0.281 e. The first-order chi connectivity index (χ1) is 17.9. The molecule has 0 radical (unpaired) electrons. The number of ether oxygens (including phenoxy) is 2. The van der Waals surface area contributed by atoms with E-state index >= 15 is 0 Å². The molecule has 0 aromatic carbocycles. The highest BCUT2D eigenvalue weighted by molar-refractivity contribution is 6.04. The molecule has 3 aromatic rings. The summed E-state index contributed by atoms with van der Waals surface area (Å²) in [6, 6.07) is 3.70. The fourth-order valence-corrected chi connectivity index (χ4v) is 2.75. The molecule has 1 unspecified atom stereocenters. The first kappa shape index (κ1) is 31.3. The van der Waals surface area contributed by atoms with E-state index < -0.39 is 5.91 Å². The van der Waals surface area contributed by atoms with Gasteiger partial charge in [-0.15, -0.1) is 0 Å². The second kappa shape index (κ2) is 17.7. The SMILES string of the molecule is CC.CCC.COCCOCCn1cc(C(=O)N=C(N)C(C)c2ccc(-c3cnc(N)nc3)nc2)cn1. The summed E-state index contributed by atoms with van der Waals surface area (Å²) in [6.07, 6.45) is 9.23. The number of carbonyl (C=O) groups is 1. The molecule has 0 aliphatic rings. The Morgan fingerprint density at radius 1 is 1.05 bits per heavy atom. The molecular weight excluding hydrogens is 472 g/mol. The third-order valence-electron chi connectivity index (χ3n) is 4.70. The van der Waals surface area contributed by atoms with Crippen molar-refractivity contribution in [1.82, 2.24) is 24.7 Å². The van der Waals surface area contributed by atoms with Gasteiger partial charge in [-0.1, -0.05) is 47.1 Å². The number of nitrogens with two attached hydrogens (primary N) is 2. The Labute approximate surface area is 219 Å². The van der Waals surface area contributed by atoms with Crippen molar-refractivity contribution in [2.24, 2.45) is 10.7 Å². The van der Waals surface area contributed by atoms with E-state index in [1.807, 2.05) is 32.9 Å². The molecule has 3 rings (SSSR count). The number of nitrogen functional groups attached to an aromatic ring is 1. The van der Waals surface area contributed by atoms with Crippen molar-refractivity contribution >= 4 is 17.7 Å². The second-order valence-corrected chi connectivity index (χ2v) is 7.67. The average molecular weight is 513 g/mol. The van der Waals surface area contributed by atoms with Crippen molar-refractivity contribution in [3.8, 4) is 11.3 Å². The van der Waals surface area contributed by atoms with Gasteiger partial charge in [0.25, 0.3) is 5.91 Å². The van der Waals surface area contributed by atoms with Crippen LogP contribution in [-0.4, -0.2) is 63.4 Å². The van der Waals surface area contributed by atoms with E-state index in [1.165, 1.54) is 12.6 Å². The molecule has 0 aliphatic carbocycles. The summed E-state index contributed by atoms with van der Waals surface area (Å²) in [7, 11) is 1.62. The van der Waals surface area contributed by atoms with Crippen LogP contribution >= 0.6 is 0 Å². The van der Waals surface area contributed by atoms with Crippen molar-refractivity contribution in [3.63, 3.8) is 0 Å². The summed E-state index contributed by atoms with van der Waals surface area (Å²) in [5, 5.41) is 4.16. The Kier molecular flexibility index (Phi) is 15.0. The summed E-state index contributed by atoms with van der Waals surface area (Å²) in [4.78, 5) is 28.9. The Bertz CT molecular complexity index is 1070. The zero-order chi connectivity index (χ0) is 27.6. The van der Waals surface area contributed by atoms with Crippen LogP contribution < -0.4 is 11.5 Å². The summed E-state index contributed by atoms with van der Waals surface area (Å²) in [5.74, 6) is -0.360. The highest BCUT2D eigenvalue weighted by atomic mass is 16.5. The van der Waals surface area contributed by atoms with Gasteiger partial charge < -0.3 is 20.9 Å². The maximum Gasteiger partial charge on any atom is 0.281 e. The van der Waals surface area contributed by atoms with Gasteiger partial charge in [-0.3, -0.25) is 14.5 Å². The lowest BCUT2D eigenvalue weighted by Gasteiger charge is -2.11. The minimum absolute atomic E-state index is 0.191. The lowest BCUT2D eigenvalue weighted by atomic mass is 10.0. The summed E-state index contributed by atoms with van der Waals surface area (Å²) in [5.41, 5.74) is 14.2. The highest BCUT2D eigenvalue weighted by Gasteiger charge is 2.15. The molecule has 11 nitrogen and oxygen atoms in total. The molecule has 11 heteroatoms. The number of aliphatic imine (C=N–C) groups is 1. The predicted molar refractivity (Wildman–Crippen MR) is 146 cm³/mol. The minimum atomic E-state index is -0.454. The number of pyridine rings is 1. The van der Waals surface area contributed by atoms with E-state index in [2.05, 4.69) is 38.9 Å². The number of methoxy groups -OCH3 is 1. The number of amides is 1. The number of hydrogen-bond acceptors (Lipinski definition) is 8. The van der Waals surface area contributed by atoms with Gasteiger partial charge in [-0.2, -0.15) is 10.1 Å². The second-order valence-electron chi connectivity index (χ2n) is 7.67. The fraction of sp³-hybridized carbons (Fsp3) is 0.462. The van der Waals surface area contributed by atoms with Gasteiger partial charge in [0.15, 0.2) is 0 Å². The van der Waals surface area contributed by atoms with Gasteiger partial charge in [-0.05, 0) is 11.6 Å². The lowest BCUT2D eigenvalue weighted by molar-refractivity contribution is 0.0654. The van der Waals surface area contributed by atoms with E-state index in [0.29, 0.717) is 37.6 Å². The van der Waals surface area contributed by atoms with Gasteiger partial charge in [-0.25, -0.2) is 9.97 Å². The molecule has 0 fully saturated rings. The molecule has 0 bridgehead atoms. The normalized spacial score (nSPS) is 11.6. The number of anilines is 1. The zero-order valence-electron chi connectivity index (χ0n) is 22.7. The molecular formula is C26H40N8O3. The van der Waals surface area contributed by atoms with Crippen LogP contribution in [0.15, 0.2) is 48.1 Å². The predicted octanol–water partition coefficient (Wildman–Crippen LogP) is 3.72. The van der Waals surface area contributed by atoms with Crippen LogP contribution in [0.1, 0.15) is 62.9 Å². The van der Waals surface area contributed by atoms with Crippen molar-refractivity contribution in [3.05, 3.63) is 54.2 Å². The first-order valence-corrected chi connectivity index (χ1v) is 12.4. The van der Waals surface area contributed by atoms with Gasteiger partial charge >= 0.3 is 0 Å².